The molecule has 0 unspecified atom stereocenters. The lowest BCUT2D eigenvalue weighted by Gasteiger charge is -2.27. The van der Waals surface area contributed by atoms with E-state index in [-0.39, 0.29) is 18.4 Å². The Morgan fingerprint density at radius 1 is 1.33 bits per heavy atom. The molecule has 2 rings (SSSR count). The highest BCUT2D eigenvalue weighted by molar-refractivity contribution is 5.98. The van der Waals surface area contributed by atoms with Crippen LogP contribution in [-0.2, 0) is 16.0 Å². The van der Waals surface area contributed by atoms with E-state index in [1.807, 2.05) is 19.9 Å². The van der Waals surface area contributed by atoms with Gasteiger partial charge < -0.3 is 14.4 Å². The first-order chi connectivity index (χ1) is 10.2. The molecular weight excluding hydrogens is 270 g/mol. The number of benzene rings is 1. The van der Waals surface area contributed by atoms with Crippen molar-refractivity contribution in [2.45, 2.75) is 27.2 Å². The maximum absolute atomic E-state index is 12.2. The van der Waals surface area contributed by atoms with Crippen molar-refractivity contribution in [2.75, 3.05) is 26.8 Å². The van der Waals surface area contributed by atoms with Crippen LogP contribution in [0.15, 0.2) is 18.2 Å². The molecule has 0 aromatic heterocycles. The molecule has 116 valence electrons. The molecule has 1 amide bonds. The summed E-state index contributed by atoms with van der Waals surface area (Å²) in [5, 5.41) is 0. The number of nitrogens with zero attached hydrogens (tertiary/aromatic N) is 1. The molecule has 0 saturated carbocycles. The van der Waals surface area contributed by atoms with Gasteiger partial charge in [0.2, 0.25) is 0 Å². The smallest absolute Gasteiger partial charge is 0.325 e. The third-order valence-electron chi connectivity index (χ3n) is 3.11. The van der Waals surface area contributed by atoms with E-state index >= 15 is 0 Å². The summed E-state index contributed by atoms with van der Waals surface area (Å²) in [4.78, 5) is 25.2. The van der Waals surface area contributed by atoms with Crippen LogP contribution in [0.5, 0.6) is 5.75 Å². The molecule has 0 radical (unpaired) electrons. The second-order valence-electron chi connectivity index (χ2n) is 4.30. The number of hydrogen-bond donors (Lipinski definition) is 0. The fourth-order valence-corrected chi connectivity index (χ4v) is 2.15. The van der Waals surface area contributed by atoms with Gasteiger partial charge in [0, 0.05) is 12.1 Å². The summed E-state index contributed by atoms with van der Waals surface area (Å²) in [6.07, 6.45) is 0.720. The predicted octanol–water partition coefficient (Wildman–Crippen LogP) is 2.28. The number of rotatable bonds is 4. The van der Waals surface area contributed by atoms with Crippen LogP contribution in [0.2, 0.25) is 0 Å². The highest BCUT2D eigenvalue weighted by Gasteiger charge is 2.26. The lowest BCUT2D eigenvalue weighted by molar-refractivity contribution is -0.143. The van der Waals surface area contributed by atoms with Gasteiger partial charge in [-0.1, -0.05) is 13.8 Å². The van der Waals surface area contributed by atoms with Crippen molar-refractivity contribution in [3.8, 4) is 5.75 Å². The van der Waals surface area contributed by atoms with Crippen LogP contribution < -0.4 is 4.74 Å². The zero-order chi connectivity index (χ0) is 15.8. The Morgan fingerprint density at radius 3 is 2.67 bits per heavy atom. The number of carbonyl (C=O) groups is 2. The molecule has 21 heavy (non-hydrogen) atoms. The molecule has 1 aromatic carbocycles. The van der Waals surface area contributed by atoms with Crippen molar-refractivity contribution >= 4 is 11.9 Å². The molecule has 1 aliphatic rings. The lowest BCUT2D eigenvalue weighted by Crippen LogP contribution is -2.41. The molecule has 0 fully saturated rings. The number of carbonyl (C=O) groups excluding carboxylic acids is 2. The molecule has 1 aliphatic heterocycles. The monoisotopic (exact) mass is 293 g/mol. The van der Waals surface area contributed by atoms with E-state index in [4.69, 9.17) is 9.47 Å². The summed E-state index contributed by atoms with van der Waals surface area (Å²) >= 11 is 0. The van der Waals surface area contributed by atoms with Crippen molar-refractivity contribution in [3.05, 3.63) is 29.3 Å². The van der Waals surface area contributed by atoms with Crippen molar-refractivity contribution in [1.29, 1.82) is 0 Å². The van der Waals surface area contributed by atoms with Gasteiger partial charge in [-0.15, -0.1) is 0 Å². The van der Waals surface area contributed by atoms with Crippen LogP contribution in [0.4, 0.5) is 0 Å². The number of hydrogen-bond acceptors (Lipinski definition) is 4. The first-order valence-corrected chi connectivity index (χ1v) is 7.27. The highest BCUT2D eigenvalue weighted by Crippen LogP contribution is 2.23. The molecule has 1 heterocycles. The topological polar surface area (TPSA) is 55.8 Å². The predicted molar refractivity (Wildman–Crippen MR) is 80.6 cm³/mol. The molecule has 1 aromatic rings. The molecule has 5 heteroatoms. The van der Waals surface area contributed by atoms with Crippen LogP contribution >= 0.6 is 0 Å². The summed E-state index contributed by atoms with van der Waals surface area (Å²) in [5.41, 5.74) is 1.60. The van der Waals surface area contributed by atoms with Gasteiger partial charge in [0.25, 0.3) is 5.91 Å². The fourth-order valence-electron chi connectivity index (χ4n) is 2.15. The van der Waals surface area contributed by atoms with Gasteiger partial charge in [0.05, 0.1) is 13.7 Å². The summed E-state index contributed by atoms with van der Waals surface area (Å²) < 4.78 is 10.0. The number of esters is 1. The average Bonchev–Trinajstić information content (AvgIpc) is 2.52. The van der Waals surface area contributed by atoms with Gasteiger partial charge in [0.15, 0.2) is 0 Å². The van der Waals surface area contributed by atoms with Crippen LogP contribution in [0, 0.1) is 0 Å². The van der Waals surface area contributed by atoms with Gasteiger partial charge in [-0.2, -0.15) is 0 Å². The minimum Gasteiger partial charge on any atom is -0.497 e. The number of fused-ring (bicyclic) bond motifs is 1. The van der Waals surface area contributed by atoms with Gasteiger partial charge in [0.1, 0.15) is 12.3 Å². The SMILES string of the molecule is CC.CCOC(=O)CN1CCc2cc(OC)ccc2C1=O. The molecule has 0 N–H and O–H groups in total. The standard InChI is InChI=1S/C14H17NO4.C2H6/c1-3-19-13(16)9-15-7-6-10-8-11(18-2)4-5-12(10)14(15)17;1-2/h4-5,8H,3,6-7,9H2,1-2H3;1-2H3. The minimum atomic E-state index is -0.368. The average molecular weight is 293 g/mol. The van der Waals surface area contributed by atoms with Crippen LogP contribution in [0.3, 0.4) is 0 Å². The van der Waals surface area contributed by atoms with Crippen molar-refractivity contribution in [1.82, 2.24) is 4.90 Å². The third kappa shape index (κ3) is 4.21. The first kappa shape index (κ1) is 17.0. The van der Waals surface area contributed by atoms with E-state index in [1.165, 1.54) is 4.90 Å². The van der Waals surface area contributed by atoms with E-state index in [2.05, 4.69) is 0 Å². The number of methoxy groups -OCH3 is 1. The quantitative estimate of drug-likeness (QED) is 0.799. The molecular formula is C16H23NO4. The zero-order valence-corrected chi connectivity index (χ0v) is 13.1. The summed E-state index contributed by atoms with van der Waals surface area (Å²) in [6, 6.07) is 5.37. The molecule has 0 saturated heterocycles. The van der Waals surface area contributed by atoms with Crippen LogP contribution in [0.1, 0.15) is 36.7 Å². The molecule has 0 atom stereocenters. The Labute approximate surface area is 125 Å². The van der Waals surface area contributed by atoms with E-state index in [0.29, 0.717) is 18.7 Å². The maximum Gasteiger partial charge on any atom is 0.325 e. The Morgan fingerprint density at radius 2 is 2.05 bits per heavy atom. The van der Waals surface area contributed by atoms with Crippen LogP contribution in [-0.4, -0.2) is 43.6 Å². The van der Waals surface area contributed by atoms with Gasteiger partial charge in [-0.05, 0) is 37.1 Å². The molecule has 5 nitrogen and oxygen atoms in total. The van der Waals surface area contributed by atoms with Crippen LogP contribution in [0.25, 0.3) is 0 Å². The van der Waals surface area contributed by atoms with Crippen molar-refractivity contribution < 1.29 is 19.1 Å². The lowest BCUT2D eigenvalue weighted by atomic mass is 9.99. The van der Waals surface area contributed by atoms with Gasteiger partial charge in [-0.25, -0.2) is 0 Å². The van der Waals surface area contributed by atoms with E-state index in [9.17, 15) is 9.59 Å². The van der Waals surface area contributed by atoms with Gasteiger partial charge in [-0.3, -0.25) is 9.59 Å². The van der Waals surface area contributed by atoms with E-state index in [1.54, 1.807) is 26.2 Å². The summed E-state index contributed by atoms with van der Waals surface area (Å²) in [7, 11) is 1.60. The van der Waals surface area contributed by atoms with Gasteiger partial charge >= 0.3 is 5.97 Å². The van der Waals surface area contributed by atoms with Crippen molar-refractivity contribution in [2.24, 2.45) is 0 Å². The number of ether oxygens (including phenoxy) is 2. The zero-order valence-electron chi connectivity index (χ0n) is 13.1. The Balaban J connectivity index is 0.00000106. The fraction of sp³-hybridized carbons (Fsp3) is 0.500. The molecule has 0 bridgehead atoms. The summed E-state index contributed by atoms with van der Waals surface area (Å²) in [6.45, 7) is 6.61. The normalized spacial score (nSPS) is 13.0. The Bertz CT molecular complexity index is 499. The third-order valence-corrected chi connectivity index (χ3v) is 3.11. The minimum absolute atomic E-state index is 0.0120. The second kappa shape index (κ2) is 8.29. The Hall–Kier alpha value is -2.04. The number of amides is 1. The van der Waals surface area contributed by atoms with E-state index < -0.39 is 0 Å². The van der Waals surface area contributed by atoms with Crippen molar-refractivity contribution in [3.63, 3.8) is 0 Å². The van der Waals surface area contributed by atoms with E-state index in [0.717, 1.165) is 17.7 Å². The maximum atomic E-state index is 12.2. The largest absolute Gasteiger partial charge is 0.497 e. The summed E-state index contributed by atoms with van der Waals surface area (Å²) in [5.74, 6) is 0.246. The first-order valence-electron chi connectivity index (χ1n) is 7.27. The highest BCUT2D eigenvalue weighted by atomic mass is 16.5. The molecule has 0 aliphatic carbocycles. The molecule has 0 spiro atoms. The second-order valence-corrected chi connectivity index (χ2v) is 4.30. The Kier molecular flexibility index (Phi) is 6.72.